The summed E-state index contributed by atoms with van der Waals surface area (Å²) in [5, 5.41) is 4.20. The van der Waals surface area contributed by atoms with Crippen molar-refractivity contribution in [2.75, 3.05) is 29.7 Å². The molecule has 3 aromatic rings. The molecule has 1 amide bonds. The average molecular weight is 468 g/mol. The first-order valence-corrected chi connectivity index (χ1v) is 11.7. The minimum Gasteiger partial charge on any atom is -0.369 e. The second kappa shape index (κ2) is 12.9. The second-order valence-electron chi connectivity index (χ2n) is 7.34. The molecule has 0 saturated carbocycles. The lowest BCUT2D eigenvalue weighted by Crippen LogP contribution is -2.27. The van der Waals surface area contributed by atoms with E-state index in [1.165, 1.54) is 0 Å². The molecule has 0 spiro atoms. The van der Waals surface area contributed by atoms with Crippen molar-refractivity contribution in [1.29, 1.82) is 0 Å². The first-order chi connectivity index (χ1) is 15.7. The van der Waals surface area contributed by atoms with Crippen LogP contribution in [0, 0.1) is 0 Å². The summed E-state index contributed by atoms with van der Waals surface area (Å²) in [5.74, 6) is 0.621. The lowest BCUT2D eigenvalue weighted by atomic mass is 9.91. The van der Waals surface area contributed by atoms with Gasteiger partial charge in [0.2, 0.25) is 5.91 Å². The number of rotatable bonds is 11. The Labute approximate surface area is 199 Å². The summed E-state index contributed by atoms with van der Waals surface area (Å²) in [7, 11) is 0. The monoisotopic (exact) mass is 467 g/mol. The fourth-order valence-electron chi connectivity index (χ4n) is 3.49. The summed E-state index contributed by atoms with van der Waals surface area (Å²) in [5.41, 5.74) is 6.73. The molecule has 0 aliphatic carbocycles. The highest BCUT2D eigenvalue weighted by atomic mass is 35.5. The van der Waals surface area contributed by atoms with E-state index in [1.807, 2.05) is 84.9 Å². The van der Waals surface area contributed by atoms with Crippen LogP contribution in [0.2, 0.25) is 0 Å². The van der Waals surface area contributed by atoms with Gasteiger partial charge in [-0.25, -0.2) is 5.43 Å². The van der Waals surface area contributed by atoms with Crippen LogP contribution in [-0.2, 0) is 11.2 Å². The predicted molar refractivity (Wildman–Crippen MR) is 135 cm³/mol. The highest BCUT2D eigenvalue weighted by molar-refractivity contribution is 6.18. The average Bonchev–Trinajstić information content (AvgIpc) is 2.84. The SMILES string of the molecule is O=C(N/N=C\c1ccc(N(CCCl)CCCl)cc1)[C@H](Cc1ccccc1)c1ccccc1. The number of hydrogen-bond donors (Lipinski definition) is 1. The van der Waals surface area contributed by atoms with Crippen LogP contribution in [0.3, 0.4) is 0 Å². The molecule has 0 aromatic heterocycles. The van der Waals surface area contributed by atoms with Crippen LogP contribution in [0.4, 0.5) is 5.69 Å². The first-order valence-electron chi connectivity index (χ1n) is 10.6. The van der Waals surface area contributed by atoms with Crippen LogP contribution in [0.15, 0.2) is 90.0 Å². The second-order valence-corrected chi connectivity index (χ2v) is 8.10. The Morgan fingerprint density at radius 2 is 1.47 bits per heavy atom. The molecule has 1 N–H and O–H groups in total. The van der Waals surface area contributed by atoms with E-state index in [1.54, 1.807) is 6.21 Å². The molecule has 4 nitrogen and oxygen atoms in total. The van der Waals surface area contributed by atoms with E-state index in [2.05, 4.69) is 15.4 Å². The van der Waals surface area contributed by atoms with Gasteiger partial charge >= 0.3 is 0 Å². The fraction of sp³-hybridized carbons (Fsp3) is 0.231. The smallest absolute Gasteiger partial charge is 0.247 e. The molecule has 0 saturated heterocycles. The molecule has 0 fully saturated rings. The van der Waals surface area contributed by atoms with Crippen molar-refractivity contribution >= 4 is 41.0 Å². The maximum atomic E-state index is 13.0. The summed E-state index contributed by atoms with van der Waals surface area (Å²) in [6.07, 6.45) is 2.26. The number of carbonyl (C=O) groups excluding carboxylic acids is 1. The zero-order valence-corrected chi connectivity index (χ0v) is 19.3. The Hall–Kier alpha value is -2.82. The topological polar surface area (TPSA) is 44.7 Å². The van der Waals surface area contributed by atoms with Crippen LogP contribution in [0.1, 0.15) is 22.6 Å². The van der Waals surface area contributed by atoms with Crippen molar-refractivity contribution in [2.45, 2.75) is 12.3 Å². The van der Waals surface area contributed by atoms with E-state index < -0.39 is 0 Å². The van der Waals surface area contributed by atoms with Crippen LogP contribution in [0.5, 0.6) is 0 Å². The molecule has 3 rings (SSSR count). The van der Waals surface area contributed by atoms with Crippen LogP contribution >= 0.6 is 23.2 Å². The molecule has 0 heterocycles. The summed E-state index contributed by atoms with van der Waals surface area (Å²) < 4.78 is 0. The Morgan fingerprint density at radius 3 is 2.06 bits per heavy atom. The van der Waals surface area contributed by atoms with Gasteiger partial charge in [0.05, 0.1) is 12.1 Å². The molecule has 0 unspecified atom stereocenters. The van der Waals surface area contributed by atoms with Gasteiger partial charge in [0.1, 0.15) is 0 Å². The molecule has 166 valence electrons. The molecule has 1 atom stereocenters. The largest absolute Gasteiger partial charge is 0.369 e. The maximum absolute atomic E-state index is 13.0. The summed E-state index contributed by atoms with van der Waals surface area (Å²) >= 11 is 11.8. The summed E-state index contributed by atoms with van der Waals surface area (Å²) in [4.78, 5) is 15.1. The third kappa shape index (κ3) is 7.11. The number of nitrogens with one attached hydrogen (secondary N) is 1. The van der Waals surface area contributed by atoms with Crippen LogP contribution < -0.4 is 10.3 Å². The minimum absolute atomic E-state index is 0.136. The molecular weight excluding hydrogens is 441 g/mol. The Morgan fingerprint density at radius 1 is 0.875 bits per heavy atom. The highest BCUT2D eigenvalue weighted by Crippen LogP contribution is 2.21. The highest BCUT2D eigenvalue weighted by Gasteiger charge is 2.20. The van der Waals surface area contributed by atoms with Crippen LogP contribution in [0.25, 0.3) is 0 Å². The van der Waals surface area contributed by atoms with Gasteiger partial charge in [0.25, 0.3) is 0 Å². The number of nitrogens with zero attached hydrogens (tertiary/aromatic N) is 2. The molecule has 0 bridgehead atoms. The van der Waals surface area contributed by atoms with Gasteiger partial charge in [-0.05, 0) is 35.2 Å². The molecule has 0 radical (unpaired) electrons. The number of benzene rings is 3. The molecule has 0 aliphatic heterocycles. The summed E-state index contributed by atoms with van der Waals surface area (Å²) in [6.45, 7) is 1.47. The Bertz CT molecular complexity index is 973. The Kier molecular flexibility index (Phi) is 9.60. The van der Waals surface area contributed by atoms with Crippen molar-refractivity contribution in [3.63, 3.8) is 0 Å². The number of amides is 1. The molecule has 3 aromatic carbocycles. The van der Waals surface area contributed by atoms with Gasteiger partial charge in [-0.1, -0.05) is 72.8 Å². The summed E-state index contributed by atoms with van der Waals surface area (Å²) in [6, 6.07) is 27.7. The van der Waals surface area contributed by atoms with Gasteiger partial charge in [-0.2, -0.15) is 5.10 Å². The number of hydrazone groups is 1. The van der Waals surface area contributed by atoms with Crippen molar-refractivity contribution < 1.29 is 4.79 Å². The van der Waals surface area contributed by atoms with Crippen LogP contribution in [-0.4, -0.2) is 37.0 Å². The van der Waals surface area contributed by atoms with Gasteiger partial charge in [0.15, 0.2) is 0 Å². The quantitative estimate of drug-likeness (QED) is 0.231. The maximum Gasteiger partial charge on any atom is 0.247 e. The van der Waals surface area contributed by atoms with E-state index in [0.717, 1.165) is 35.5 Å². The Balaban J connectivity index is 1.66. The van der Waals surface area contributed by atoms with Gasteiger partial charge in [-0.15, -0.1) is 23.2 Å². The minimum atomic E-state index is -0.321. The zero-order chi connectivity index (χ0) is 22.6. The number of hydrogen-bond acceptors (Lipinski definition) is 3. The van der Waals surface area contributed by atoms with Crippen molar-refractivity contribution in [2.24, 2.45) is 5.10 Å². The molecule has 32 heavy (non-hydrogen) atoms. The number of halogens is 2. The zero-order valence-electron chi connectivity index (χ0n) is 17.8. The normalized spacial score (nSPS) is 11.9. The van der Waals surface area contributed by atoms with E-state index in [9.17, 15) is 4.79 Å². The van der Waals surface area contributed by atoms with Gasteiger partial charge in [0, 0.05) is 30.5 Å². The number of anilines is 1. The van der Waals surface area contributed by atoms with Gasteiger partial charge < -0.3 is 4.90 Å². The fourth-order valence-corrected chi connectivity index (χ4v) is 3.90. The molecule has 0 aliphatic rings. The third-order valence-electron chi connectivity index (χ3n) is 5.16. The standard InChI is InChI=1S/C26H27Cl2N3O/c27-15-17-31(18-16-28)24-13-11-22(12-14-24)20-29-30-26(32)25(23-9-5-2-6-10-23)19-21-7-3-1-4-8-21/h1-14,20,25H,15-19H2,(H,30,32)/b29-20-/t25-/m1/s1. The van der Waals surface area contributed by atoms with Crippen molar-refractivity contribution in [3.05, 3.63) is 102 Å². The van der Waals surface area contributed by atoms with Gasteiger partial charge in [-0.3, -0.25) is 4.79 Å². The third-order valence-corrected chi connectivity index (χ3v) is 5.49. The first kappa shape index (κ1) is 23.8. The molecule has 6 heteroatoms. The lowest BCUT2D eigenvalue weighted by Gasteiger charge is -2.22. The van der Waals surface area contributed by atoms with Crippen molar-refractivity contribution in [3.8, 4) is 0 Å². The number of carbonyl (C=O) groups is 1. The van der Waals surface area contributed by atoms with E-state index >= 15 is 0 Å². The molecular formula is C26H27Cl2N3O. The van der Waals surface area contributed by atoms with E-state index in [-0.39, 0.29) is 11.8 Å². The van der Waals surface area contributed by atoms with E-state index in [4.69, 9.17) is 23.2 Å². The van der Waals surface area contributed by atoms with Crippen molar-refractivity contribution in [1.82, 2.24) is 5.43 Å². The van der Waals surface area contributed by atoms with E-state index in [0.29, 0.717) is 18.2 Å². The number of alkyl halides is 2. The predicted octanol–water partition coefficient (Wildman–Crippen LogP) is 5.45. The lowest BCUT2D eigenvalue weighted by molar-refractivity contribution is -0.122.